The van der Waals surface area contributed by atoms with Gasteiger partial charge in [-0.15, -0.1) is 0 Å². The predicted molar refractivity (Wildman–Crippen MR) is 109 cm³/mol. The van der Waals surface area contributed by atoms with Crippen molar-refractivity contribution >= 4 is 11.7 Å². The minimum atomic E-state index is -1.19. The molecule has 2 aromatic heterocycles. The van der Waals surface area contributed by atoms with Gasteiger partial charge in [0.25, 0.3) is 5.91 Å². The number of rotatable bonds is 8. The zero-order valence-electron chi connectivity index (χ0n) is 15.8. The Morgan fingerprint density at radius 1 is 1.04 bits per heavy atom. The van der Waals surface area contributed by atoms with E-state index in [-0.39, 0.29) is 0 Å². The van der Waals surface area contributed by atoms with Crippen LogP contribution in [0.5, 0.6) is 0 Å². The highest BCUT2D eigenvalue weighted by Crippen LogP contribution is 2.17. The summed E-state index contributed by atoms with van der Waals surface area (Å²) in [6.07, 6.45) is 3.13. The van der Waals surface area contributed by atoms with E-state index >= 15 is 0 Å². The first-order chi connectivity index (χ1) is 13.6. The van der Waals surface area contributed by atoms with Gasteiger partial charge in [0.2, 0.25) is 0 Å². The maximum absolute atomic E-state index is 12.3. The number of aromatic nitrogens is 2. The number of aliphatic hydroxyl groups is 1. The summed E-state index contributed by atoms with van der Waals surface area (Å²) < 4.78 is 0. The van der Waals surface area contributed by atoms with Gasteiger partial charge in [-0.1, -0.05) is 42.5 Å². The van der Waals surface area contributed by atoms with Crippen LogP contribution in [0.25, 0.3) is 0 Å². The Kier molecular flexibility index (Phi) is 6.70. The molecule has 0 aliphatic rings. The van der Waals surface area contributed by atoms with Gasteiger partial charge in [0.05, 0.1) is 0 Å². The van der Waals surface area contributed by atoms with E-state index in [1.807, 2.05) is 48.3 Å². The van der Waals surface area contributed by atoms with Crippen molar-refractivity contribution < 1.29 is 9.90 Å². The summed E-state index contributed by atoms with van der Waals surface area (Å²) in [6, 6.07) is 18.5. The zero-order valence-corrected chi connectivity index (χ0v) is 15.8. The molecule has 1 aromatic carbocycles. The largest absolute Gasteiger partial charge is 0.378 e. The van der Waals surface area contributed by atoms with Crippen LogP contribution in [0.2, 0.25) is 0 Å². The zero-order chi connectivity index (χ0) is 19.8. The Hall–Kier alpha value is -3.25. The van der Waals surface area contributed by atoms with Gasteiger partial charge in [0.1, 0.15) is 5.82 Å². The number of carbonyl (C=O) groups excluding carboxylic acids is 1. The normalized spacial score (nSPS) is 11.6. The third-order valence-corrected chi connectivity index (χ3v) is 4.48. The van der Waals surface area contributed by atoms with Crippen LogP contribution in [0.3, 0.4) is 0 Å². The minimum absolute atomic E-state index is 0.291. The molecule has 0 radical (unpaired) electrons. The number of carbonyl (C=O) groups is 1. The fourth-order valence-corrected chi connectivity index (χ4v) is 2.91. The van der Waals surface area contributed by atoms with Crippen molar-refractivity contribution in [1.29, 1.82) is 0 Å². The van der Waals surface area contributed by atoms with E-state index in [1.165, 1.54) is 0 Å². The summed E-state index contributed by atoms with van der Waals surface area (Å²) in [4.78, 5) is 23.2. The summed E-state index contributed by atoms with van der Waals surface area (Å²) in [5, 5.41) is 13.0. The average molecular weight is 376 g/mol. The number of aliphatic hydroxyl groups excluding tert-OH is 1. The first-order valence-corrected chi connectivity index (χ1v) is 9.21. The van der Waals surface area contributed by atoms with E-state index in [4.69, 9.17) is 0 Å². The van der Waals surface area contributed by atoms with E-state index < -0.39 is 12.0 Å². The number of nitrogens with one attached hydrogen (secondary N) is 1. The van der Waals surface area contributed by atoms with Gasteiger partial charge in [-0.2, -0.15) is 0 Å². The standard InChI is InChI=1S/C22H24N4O2/c1-26(15-12-19-11-5-6-13-23-19)21-18(10-7-14-24-21)16-25-22(28)20(27)17-8-3-2-4-9-17/h2-11,13-14,20,27H,12,15-16H2,1H3,(H,25,28)/t20-/m1/s1. The number of hydrogen-bond donors (Lipinski definition) is 2. The van der Waals surface area contributed by atoms with Crippen LogP contribution in [0.1, 0.15) is 22.9 Å². The predicted octanol–water partition coefficient (Wildman–Crippen LogP) is 2.51. The van der Waals surface area contributed by atoms with Crippen LogP contribution < -0.4 is 10.2 Å². The summed E-state index contributed by atoms with van der Waals surface area (Å²) >= 11 is 0. The van der Waals surface area contributed by atoms with Gasteiger partial charge in [-0.25, -0.2) is 4.98 Å². The van der Waals surface area contributed by atoms with Gasteiger partial charge < -0.3 is 15.3 Å². The van der Waals surface area contributed by atoms with Crippen molar-refractivity contribution in [2.45, 2.75) is 19.1 Å². The average Bonchev–Trinajstić information content (AvgIpc) is 2.76. The summed E-state index contributed by atoms with van der Waals surface area (Å²) in [7, 11) is 1.97. The second-order valence-corrected chi connectivity index (χ2v) is 6.51. The topological polar surface area (TPSA) is 78.4 Å². The maximum atomic E-state index is 12.3. The number of likely N-dealkylation sites (N-methyl/N-ethyl adjacent to an activating group) is 1. The molecule has 0 saturated heterocycles. The lowest BCUT2D eigenvalue weighted by molar-refractivity contribution is -0.129. The molecule has 0 unspecified atom stereocenters. The Bertz CT molecular complexity index is 887. The Morgan fingerprint density at radius 2 is 1.79 bits per heavy atom. The number of anilines is 1. The smallest absolute Gasteiger partial charge is 0.253 e. The Balaban J connectivity index is 1.61. The molecular weight excluding hydrogens is 352 g/mol. The van der Waals surface area contributed by atoms with E-state index in [0.717, 1.165) is 30.0 Å². The van der Waals surface area contributed by atoms with Gasteiger partial charge in [-0.3, -0.25) is 9.78 Å². The van der Waals surface area contributed by atoms with Crippen LogP contribution in [0.4, 0.5) is 5.82 Å². The van der Waals surface area contributed by atoms with Gasteiger partial charge in [0, 0.05) is 50.2 Å². The molecule has 1 atom stereocenters. The molecule has 3 aromatic rings. The Labute approximate surface area is 164 Å². The van der Waals surface area contributed by atoms with Gasteiger partial charge in [0.15, 0.2) is 6.10 Å². The SMILES string of the molecule is CN(CCc1ccccn1)c1ncccc1CNC(=O)[C@H](O)c1ccccc1. The summed E-state index contributed by atoms with van der Waals surface area (Å²) in [5.74, 6) is 0.366. The quantitative estimate of drug-likeness (QED) is 0.632. The lowest BCUT2D eigenvalue weighted by Gasteiger charge is -2.21. The van der Waals surface area contributed by atoms with Crippen molar-refractivity contribution in [3.05, 3.63) is 89.9 Å². The lowest BCUT2D eigenvalue weighted by Crippen LogP contribution is -2.30. The van der Waals surface area contributed by atoms with E-state index in [2.05, 4.69) is 15.3 Å². The van der Waals surface area contributed by atoms with Crippen molar-refractivity contribution in [2.24, 2.45) is 0 Å². The van der Waals surface area contributed by atoms with Gasteiger partial charge in [-0.05, 0) is 23.8 Å². The highest BCUT2D eigenvalue weighted by Gasteiger charge is 2.17. The third kappa shape index (κ3) is 5.14. The van der Waals surface area contributed by atoms with Crippen LogP contribution in [0, 0.1) is 0 Å². The number of amides is 1. The molecule has 6 nitrogen and oxygen atoms in total. The number of benzene rings is 1. The second-order valence-electron chi connectivity index (χ2n) is 6.51. The molecule has 0 aliphatic carbocycles. The molecule has 0 bridgehead atoms. The van der Waals surface area contributed by atoms with Crippen molar-refractivity contribution in [2.75, 3.05) is 18.5 Å². The van der Waals surface area contributed by atoms with Crippen molar-refractivity contribution in [3.8, 4) is 0 Å². The first-order valence-electron chi connectivity index (χ1n) is 9.21. The molecule has 0 aliphatic heterocycles. The fraction of sp³-hybridized carbons (Fsp3) is 0.227. The van der Waals surface area contributed by atoms with Crippen LogP contribution in [-0.2, 0) is 17.8 Å². The van der Waals surface area contributed by atoms with Crippen LogP contribution >= 0.6 is 0 Å². The first kappa shape index (κ1) is 19.5. The molecule has 1 amide bonds. The molecule has 6 heteroatoms. The molecular formula is C22H24N4O2. The van der Waals surface area contributed by atoms with Gasteiger partial charge >= 0.3 is 0 Å². The van der Waals surface area contributed by atoms with Crippen molar-refractivity contribution in [1.82, 2.24) is 15.3 Å². The Morgan fingerprint density at radius 3 is 2.54 bits per heavy atom. The highest BCUT2D eigenvalue weighted by molar-refractivity contribution is 5.82. The van der Waals surface area contributed by atoms with E-state index in [0.29, 0.717) is 12.1 Å². The molecule has 2 N–H and O–H groups in total. The van der Waals surface area contributed by atoms with Crippen LogP contribution in [0.15, 0.2) is 73.1 Å². The molecule has 3 rings (SSSR count). The van der Waals surface area contributed by atoms with Crippen LogP contribution in [-0.4, -0.2) is 34.6 Å². The molecule has 144 valence electrons. The molecule has 2 heterocycles. The maximum Gasteiger partial charge on any atom is 0.253 e. The molecule has 0 spiro atoms. The van der Waals surface area contributed by atoms with E-state index in [1.54, 1.807) is 36.7 Å². The molecule has 28 heavy (non-hydrogen) atoms. The number of nitrogens with zero attached hydrogens (tertiary/aromatic N) is 3. The minimum Gasteiger partial charge on any atom is -0.378 e. The highest BCUT2D eigenvalue weighted by atomic mass is 16.3. The summed E-state index contributed by atoms with van der Waals surface area (Å²) in [6.45, 7) is 1.04. The molecule has 0 fully saturated rings. The third-order valence-electron chi connectivity index (χ3n) is 4.48. The summed E-state index contributed by atoms with van der Waals surface area (Å²) in [5.41, 5.74) is 2.48. The van der Waals surface area contributed by atoms with E-state index in [9.17, 15) is 9.90 Å². The fourth-order valence-electron chi connectivity index (χ4n) is 2.91. The molecule has 0 saturated carbocycles. The number of hydrogen-bond acceptors (Lipinski definition) is 5. The van der Waals surface area contributed by atoms with Crippen molar-refractivity contribution in [3.63, 3.8) is 0 Å². The lowest BCUT2D eigenvalue weighted by atomic mass is 10.1. The number of pyridine rings is 2. The second kappa shape index (κ2) is 9.62. The monoisotopic (exact) mass is 376 g/mol.